The highest BCUT2D eigenvalue weighted by molar-refractivity contribution is 6.01. The number of rotatable bonds is 6. The number of hydrogen-bond donors (Lipinski definition) is 1. The molecular formula is C12H14N2O6. The molecule has 8 nitrogen and oxygen atoms in total. The van der Waals surface area contributed by atoms with Crippen molar-refractivity contribution in [3.8, 4) is 5.75 Å². The zero-order valence-electron chi connectivity index (χ0n) is 11.0. The van der Waals surface area contributed by atoms with Gasteiger partial charge in [0.1, 0.15) is 5.75 Å². The number of nitro groups is 1. The standard InChI is InChI=1S/C12H14N2O6/c1-19-9-5-3-4-8(14(17)18)11(9)12(16)13-7-6-10(15)20-2/h3-5H,6-7H2,1-2H3,(H,13,16). The van der Waals surface area contributed by atoms with Gasteiger partial charge in [-0.1, -0.05) is 6.07 Å². The fourth-order valence-electron chi connectivity index (χ4n) is 1.54. The zero-order valence-corrected chi connectivity index (χ0v) is 11.0. The minimum atomic E-state index is -0.682. The normalized spacial score (nSPS) is 9.70. The summed E-state index contributed by atoms with van der Waals surface area (Å²) in [5.41, 5.74) is -0.537. The largest absolute Gasteiger partial charge is 0.496 e. The molecule has 0 aromatic heterocycles. The van der Waals surface area contributed by atoms with Crippen LogP contribution in [0.3, 0.4) is 0 Å². The number of carbonyl (C=O) groups excluding carboxylic acids is 2. The Kier molecular flexibility index (Phi) is 5.45. The molecule has 1 aromatic rings. The molecule has 0 atom stereocenters. The van der Waals surface area contributed by atoms with E-state index in [0.717, 1.165) is 0 Å². The van der Waals surface area contributed by atoms with E-state index in [4.69, 9.17) is 4.74 Å². The lowest BCUT2D eigenvalue weighted by molar-refractivity contribution is -0.385. The maximum atomic E-state index is 12.0. The van der Waals surface area contributed by atoms with Crippen LogP contribution in [-0.2, 0) is 9.53 Å². The molecule has 0 aliphatic heterocycles. The lowest BCUT2D eigenvalue weighted by Crippen LogP contribution is -2.27. The van der Waals surface area contributed by atoms with Crippen molar-refractivity contribution in [1.82, 2.24) is 5.32 Å². The first kappa shape index (κ1) is 15.4. The second-order valence-corrected chi connectivity index (χ2v) is 3.69. The lowest BCUT2D eigenvalue weighted by Gasteiger charge is -2.09. The van der Waals surface area contributed by atoms with Crippen molar-refractivity contribution in [2.45, 2.75) is 6.42 Å². The first-order valence-electron chi connectivity index (χ1n) is 5.67. The number of nitrogens with one attached hydrogen (secondary N) is 1. The van der Waals surface area contributed by atoms with Crippen LogP contribution in [0.1, 0.15) is 16.8 Å². The van der Waals surface area contributed by atoms with Crippen LogP contribution < -0.4 is 10.1 Å². The third-order valence-corrected chi connectivity index (χ3v) is 2.49. The SMILES string of the molecule is COC(=O)CCNC(=O)c1c(OC)cccc1[N+](=O)[O-]. The minimum absolute atomic E-state index is 0.0146. The minimum Gasteiger partial charge on any atom is -0.496 e. The van der Waals surface area contributed by atoms with E-state index in [0.29, 0.717) is 0 Å². The van der Waals surface area contributed by atoms with Crippen LogP contribution in [0, 0.1) is 10.1 Å². The molecule has 0 fully saturated rings. The molecule has 1 aromatic carbocycles. The average Bonchev–Trinajstić information content (AvgIpc) is 2.45. The maximum Gasteiger partial charge on any atom is 0.307 e. The summed E-state index contributed by atoms with van der Waals surface area (Å²) in [7, 11) is 2.54. The summed E-state index contributed by atoms with van der Waals surface area (Å²) in [6, 6.07) is 4.07. The average molecular weight is 282 g/mol. The number of nitro benzene ring substituents is 1. The molecule has 0 saturated heterocycles. The Hall–Kier alpha value is -2.64. The molecule has 0 aliphatic carbocycles. The van der Waals surface area contributed by atoms with Crippen LogP contribution in [0.2, 0.25) is 0 Å². The quantitative estimate of drug-likeness (QED) is 0.471. The maximum absolute atomic E-state index is 12.0. The number of amides is 1. The van der Waals surface area contributed by atoms with E-state index in [2.05, 4.69) is 10.1 Å². The van der Waals surface area contributed by atoms with Gasteiger partial charge in [-0.15, -0.1) is 0 Å². The highest BCUT2D eigenvalue weighted by atomic mass is 16.6. The first-order chi connectivity index (χ1) is 9.51. The summed E-state index contributed by atoms with van der Waals surface area (Å²) in [6.45, 7) is 0.0146. The second-order valence-electron chi connectivity index (χ2n) is 3.69. The van der Waals surface area contributed by atoms with Crippen molar-refractivity contribution >= 4 is 17.6 Å². The van der Waals surface area contributed by atoms with Gasteiger partial charge in [-0.25, -0.2) is 0 Å². The Balaban J connectivity index is 2.91. The molecule has 0 heterocycles. The van der Waals surface area contributed by atoms with Crippen LogP contribution in [0.4, 0.5) is 5.69 Å². The van der Waals surface area contributed by atoms with Crippen LogP contribution >= 0.6 is 0 Å². The molecule has 1 rings (SSSR count). The summed E-state index contributed by atoms with van der Waals surface area (Å²) >= 11 is 0. The van der Waals surface area contributed by atoms with Crippen LogP contribution in [0.25, 0.3) is 0 Å². The van der Waals surface area contributed by atoms with Crippen molar-refractivity contribution in [1.29, 1.82) is 0 Å². The molecule has 0 radical (unpaired) electrons. The number of hydrogen-bond acceptors (Lipinski definition) is 6. The van der Waals surface area contributed by atoms with Gasteiger partial charge in [0.05, 0.1) is 25.6 Å². The topological polar surface area (TPSA) is 108 Å². The van der Waals surface area contributed by atoms with E-state index < -0.39 is 16.8 Å². The van der Waals surface area contributed by atoms with Gasteiger partial charge < -0.3 is 14.8 Å². The molecule has 20 heavy (non-hydrogen) atoms. The molecule has 1 amide bonds. The zero-order chi connectivity index (χ0) is 15.1. The summed E-state index contributed by atoms with van der Waals surface area (Å²) in [5.74, 6) is -1.08. The van der Waals surface area contributed by atoms with E-state index in [1.54, 1.807) is 0 Å². The van der Waals surface area contributed by atoms with Crippen molar-refractivity contribution in [3.63, 3.8) is 0 Å². The molecule has 1 N–H and O–H groups in total. The van der Waals surface area contributed by atoms with E-state index >= 15 is 0 Å². The number of carbonyl (C=O) groups is 2. The Morgan fingerprint density at radius 2 is 2.05 bits per heavy atom. The van der Waals surface area contributed by atoms with Crippen molar-refractivity contribution in [2.24, 2.45) is 0 Å². The highest BCUT2D eigenvalue weighted by Crippen LogP contribution is 2.27. The number of esters is 1. The summed E-state index contributed by atoms with van der Waals surface area (Å²) < 4.78 is 9.37. The van der Waals surface area contributed by atoms with Gasteiger partial charge in [0, 0.05) is 12.6 Å². The highest BCUT2D eigenvalue weighted by Gasteiger charge is 2.24. The van der Waals surface area contributed by atoms with Gasteiger partial charge in [0.2, 0.25) is 0 Å². The van der Waals surface area contributed by atoms with Crippen molar-refractivity contribution in [2.75, 3.05) is 20.8 Å². The number of nitrogens with zero attached hydrogens (tertiary/aromatic N) is 1. The molecule has 0 unspecified atom stereocenters. The van der Waals surface area contributed by atoms with Gasteiger partial charge in [-0.05, 0) is 6.07 Å². The molecular weight excluding hydrogens is 268 g/mol. The predicted octanol–water partition coefficient (Wildman–Crippen LogP) is 0.896. The monoisotopic (exact) mass is 282 g/mol. The molecule has 0 bridgehead atoms. The van der Waals surface area contributed by atoms with Crippen LogP contribution in [0.5, 0.6) is 5.75 Å². The van der Waals surface area contributed by atoms with Gasteiger partial charge in [-0.3, -0.25) is 19.7 Å². The number of benzene rings is 1. The fourth-order valence-corrected chi connectivity index (χ4v) is 1.54. The third-order valence-electron chi connectivity index (χ3n) is 2.49. The Morgan fingerprint density at radius 3 is 2.60 bits per heavy atom. The summed E-state index contributed by atoms with van der Waals surface area (Å²) in [6.07, 6.45) is -0.0226. The Bertz CT molecular complexity index is 529. The molecule has 8 heteroatoms. The molecule has 0 saturated carbocycles. The molecule has 0 aliphatic rings. The second kappa shape index (κ2) is 7.07. The van der Waals surface area contributed by atoms with Gasteiger partial charge in [0.25, 0.3) is 11.6 Å². The van der Waals surface area contributed by atoms with Gasteiger partial charge in [0.15, 0.2) is 5.56 Å². The predicted molar refractivity (Wildman–Crippen MR) is 68.6 cm³/mol. The van der Waals surface area contributed by atoms with Crippen molar-refractivity contribution < 1.29 is 24.0 Å². The van der Waals surface area contributed by atoms with E-state index in [1.165, 1.54) is 32.4 Å². The number of methoxy groups -OCH3 is 2. The van der Waals surface area contributed by atoms with Gasteiger partial charge >= 0.3 is 5.97 Å². The van der Waals surface area contributed by atoms with E-state index in [-0.39, 0.29) is 30.0 Å². The van der Waals surface area contributed by atoms with Crippen LogP contribution in [-0.4, -0.2) is 37.6 Å². The first-order valence-corrected chi connectivity index (χ1v) is 5.67. The van der Waals surface area contributed by atoms with Gasteiger partial charge in [-0.2, -0.15) is 0 Å². The molecule has 108 valence electrons. The van der Waals surface area contributed by atoms with Crippen molar-refractivity contribution in [3.05, 3.63) is 33.9 Å². The third kappa shape index (κ3) is 3.67. The summed E-state index contributed by atoms with van der Waals surface area (Å²) in [5, 5.41) is 13.3. The lowest BCUT2D eigenvalue weighted by atomic mass is 10.1. The summed E-state index contributed by atoms with van der Waals surface area (Å²) in [4.78, 5) is 33.1. The Morgan fingerprint density at radius 1 is 1.35 bits per heavy atom. The number of ether oxygens (including phenoxy) is 2. The smallest absolute Gasteiger partial charge is 0.307 e. The van der Waals surface area contributed by atoms with Crippen LogP contribution in [0.15, 0.2) is 18.2 Å². The fraction of sp³-hybridized carbons (Fsp3) is 0.333. The molecule has 0 spiro atoms. The van der Waals surface area contributed by atoms with E-state index in [1.807, 2.05) is 0 Å². The Labute approximate surface area is 114 Å². The van der Waals surface area contributed by atoms with E-state index in [9.17, 15) is 19.7 Å².